The highest BCUT2D eigenvalue weighted by Crippen LogP contribution is 2.37. The topological polar surface area (TPSA) is 145 Å². The maximum Gasteiger partial charge on any atom is 0.272 e. The Balaban J connectivity index is 1.35. The van der Waals surface area contributed by atoms with Crippen LogP contribution >= 0.6 is 0 Å². The van der Waals surface area contributed by atoms with Crippen LogP contribution in [0.15, 0.2) is 48.8 Å². The molecule has 0 spiro atoms. The summed E-state index contributed by atoms with van der Waals surface area (Å²) >= 11 is 0. The number of fused-ring (bicyclic) bond motifs is 2. The second-order valence-electron chi connectivity index (χ2n) is 9.21. The highest BCUT2D eigenvalue weighted by atomic mass is 16.5. The van der Waals surface area contributed by atoms with E-state index in [-0.39, 0.29) is 11.9 Å². The minimum Gasteiger partial charge on any atom is -0.496 e. The van der Waals surface area contributed by atoms with Gasteiger partial charge in [-0.15, -0.1) is 0 Å². The molecule has 1 aliphatic heterocycles. The third-order valence-electron chi connectivity index (χ3n) is 6.98. The first-order chi connectivity index (χ1) is 18.6. The number of H-pyrrole nitrogens is 1. The Hall–Kier alpha value is -4.64. The molecule has 1 amide bonds. The Morgan fingerprint density at radius 3 is 2.68 bits per heavy atom. The van der Waals surface area contributed by atoms with Crippen molar-refractivity contribution in [1.82, 2.24) is 30.0 Å². The third-order valence-corrected chi connectivity index (χ3v) is 6.98. The second-order valence-corrected chi connectivity index (χ2v) is 9.21. The SMILES string of the molecule is COc1cc(-c2nn(C3CCNCC3)c3ncnc(N)c23)ccc1NC(=O)c1cc2c(OC)cccc2[nH]1. The van der Waals surface area contributed by atoms with E-state index in [1.54, 1.807) is 26.4 Å². The molecular weight excluding hydrogens is 484 g/mol. The minimum atomic E-state index is -0.299. The molecule has 3 aromatic heterocycles. The fraction of sp³-hybridized carbons (Fsp3) is 0.259. The highest BCUT2D eigenvalue weighted by Gasteiger charge is 2.24. The van der Waals surface area contributed by atoms with Gasteiger partial charge < -0.3 is 30.8 Å². The third kappa shape index (κ3) is 4.06. The van der Waals surface area contributed by atoms with Gasteiger partial charge in [-0.25, -0.2) is 14.6 Å². The molecule has 0 radical (unpaired) electrons. The van der Waals surface area contributed by atoms with E-state index < -0.39 is 0 Å². The number of methoxy groups -OCH3 is 2. The molecular formula is C27H28N8O3. The molecule has 5 N–H and O–H groups in total. The van der Waals surface area contributed by atoms with Crippen LogP contribution in [0.2, 0.25) is 0 Å². The van der Waals surface area contributed by atoms with Crippen LogP contribution in [0.5, 0.6) is 11.5 Å². The summed E-state index contributed by atoms with van der Waals surface area (Å²) in [4.78, 5) is 25.0. The van der Waals surface area contributed by atoms with Crippen LogP contribution < -0.4 is 25.8 Å². The number of benzene rings is 2. The summed E-state index contributed by atoms with van der Waals surface area (Å²) in [5, 5.41) is 12.8. The lowest BCUT2D eigenvalue weighted by Crippen LogP contribution is -2.30. The number of nitrogen functional groups attached to an aromatic ring is 1. The van der Waals surface area contributed by atoms with Gasteiger partial charge in [0.2, 0.25) is 0 Å². The van der Waals surface area contributed by atoms with Crippen LogP contribution in [0.4, 0.5) is 11.5 Å². The van der Waals surface area contributed by atoms with Crippen LogP contribution in [-0.4, -0.2) is 57.9 Å². The second kappa shape index (κ2) is 9.67. The van der Waals surface area contributed by atoms with Gasteiger partial charge in [-0.05, 0) is 56.3 Å². The van der Waals surface area contributed by atoms with E-state index in [2.05, 4.69) is 25.6 Å². The molecule has 1 aliphatic rings. The molecule has 0 atom stereocenters. The van der Waals surface area contributed by atoms with Gasteiger partial charge in [-0.2, -0.15) is 5.10 Å². The van der Waals surface area contributed by atoms with E-state index in [9.17, 15) is 4.79 Å². The number of amides is 1. The Morgan fingerprint density at radius 1 is 1.08 bits per heavy atom. The summed E-state index contributed by atoms with van der Waals surface area (Å²) in [7, 11) is 3.16. The Morgan fingerprint density at radius 2 is 1.89 bits per heavy atom. The molecule has 0 aliphatic carbocycles. The summed E-state index contributed by atoms with van der Waals surface area (Å²) in [5.74, 6) is 1.26. The van der Waals surface area contributed by atoms with Crippen LogP contribution in [-0.2, 0) is 0 Å². The van der Waals surface area contributed by atoms with Gasteiger partial charge in [0.15, 0.2) is 5.65 Å². The van der Waals surface area contributed by atoms with Crippen molar-refractivity contribution in [3.05, 3.63) is 54.5 Å². The van der Waals surface area contributed by atoms with E-state index in [1.165, 1.54) is 6.33 Å². The molecule has 0 saturated carbocycles. The van der Waals surface area contributed by atoms with Crippen molar-refractivity contribution in [3.8, 4) is 22.8 Å². The maximum atomic E-state index is 13.1. The number of nitrogens with zero attached hydrogens (tertiary/aromatic N) is 4. The predicted molar refractivity (Wildman–Crippen MR) is 146 cm³/mol. The predicted octanol–water partition coefficient (Wildman–Crippen LogP) is 3.75. The lowest BCUT2D eigenvalue weighted by molar-refractivity contribution is 0.102. The van der Waals surface area contributed by atoms with Crippen LogP contribution in [0.1, 0.15) is 29.4 Å². The van der Waals surface area contributed by atoms with Crippen LogP contribution in [0.3, 0.4) is 0 Å². The van der Waals surface area contributed by atoms with Crippen molar-refractivity contribution < 1.29 is 14.3 Å². The number of aromatic amines is 1. The van der Waals surface area contributed by atoms with Gasteiger partial charge in [0.1, 0.15) is 35.0 Å². The Bertz CT molecular complexity index is 1650. The number of rotatable bonds is 6. The van der Waals surface area contributed by atoms with Gasteiger partial charge in [-0.1, -0.05) is 12.1 Å². The summed E-state index contributed by atoms with van der Waals surface area (Å²) in [6, 6.07) is 13.1. The number of aromatic nitrogens is 5. The average Bonchev–Trinajstić information content (AvgIpc) is 3.57. The van der Waals surface area contributed by atoms with Crippen molar-refractivity contribution in [2.75, 3.05) is 38.4 Å². The number of nitrogens with two attached hydrogens (primary N) is 1. The maximum absolute atomic E-state index is 13.1. The standard InChI is InChI=1S/C27H28N8O3/c1-37-21-5-3-4-18-17(21)13-20(32-18)27(36)33-19-7-6-15(12-22(19)38-2)24-23-25(28)30-14-31-26(23)35(34-24)16-8-10-29-11-9-16/h3-7,12-14,16,29,32H,8-11H2,1-2H3,(H,33,36)(H2,28,30,31). The van der Waals surface area contributed by atoms with Crippen LogP contribution in [0.25, 0.3) is 33.2 Å². The Labute approximate surface area is 218 Å². The number of hydrogen-bond donors (Lipinski definition) is 4. The van der Waals surface area contributed by atoms with Crippen LogP contribution in [0, 0.1) is 0 Å². The number of nitrogens with one attached hydrogen (secondary N) is 3. The fourth-order valence-electron chi connectivity index (χ4n) is 5.06. The van der Waals surface area contributed by atoms with Gasteiger partial charge in [0.05, 0.1) is 31.3 Å². The Kier molecular flexibility index (Phi) is 6.04. The van der Waals surface area contributed by atoms with E-state index in [1.807, 2.05) is 35.0 Å². The summed E-state index contributed by atoms with van der Waals surface area (Å²) in [5.41, 5.74) is 10.2. The summed E-state index contributed by atoms with van der Waals surface area (Å²) in [6.07, 6.45) is 3.38. The molecule has 1 fully saturated rings. The van der Waals surface area contributed by atoms with Crippen molar-refractivity contribution in [3.63, 3.8) is 0 Å². The number of carbonyl (C=O) groups is 1. The van der Waals surface area contributed by atoms with Gasteiger partial charge in [0.25, 0.3) is 5.91 Å². The van der Waals surface area contributed by atoms with Crippen molar-refractivity contribution in [1.29, 1.82) is 0 Å². The number of ether oxygens (including phenoxy) is 2. The largest absolute Gasteiger partial charge is 0.496 e. The first kappa shape index (κ1) is 23.7. The molecule has 11 heteroatoms. The quantitative estimate of drug-likeness (QED) is 0.269. The molecule has 0 bridgehead atoms. The lowest BCUT2D eigenvalue weighted by atomic mass is 10.1. The molecule has 5 aromatic rings. The summed E-state index contributed by atoms with van der Waals surface area (Å²) in [6.45, 7) is 1.85. The highest BCUT2D eigenvalue weighted by molar-refractivity contribution is 6.07. The van der Waals surface area contributed by atoms with Crippen molar-refractivity contribution in [2.24, 2.45) is 0 Å². The zero-order valence-electron chi connectivity index (χ0n) is 21.1. The first-order valence-electron chi connectivity index (χ1n) is 12.4. The average molecular weight is 513 g/mol. The molecule has 1 saturated heterocycles. The first-order valence-corrected chi connectivity index (χ1v) is 12.4. The molecule has 4 heterocycles. The van der Waals surface area contributed by atoms with E-state index in [0.29, 0.717) is 45.4 Å². The van der Waals surface area contributed by atoms with Gasteiger partial charge in [0, 0.05) is 16.5 Å². The number of carbonyl (C=O) groups excluding carboxylic acids is 1. The summed E-state index contributed by atoms with van der Waals surface area (Å²) < 4.78 is 13.0. The molecule has 6 rings (SSSR count). The molecule has 0 unspecified atom stereocenters. The van der Waals surface area contributed by atoms with Crippen molar-refractivity contribution in [2.45, 2.75) is 18.9 Å². The van der Waals surface area contributed by atoms with Gasteiger partial charge in [-0.3, -0.25) is 4.79 Å². The fourth-order valence-corrected chi connectivity index (χ4v) is 5.06. The van der Waals surface area contributed by atoms with Crippen molar-refractivity contribution >= 4 is 39.3 Å². The smallest absolute Gasteiger partial charge is 0.272 e. The molecule has 194 valence electrons. The van der Waals surface area contributed by atoms with E-state index in [0.717, 1.165) is 42.4 Å². The molecule has 11 nitrogen and oxygen atoms in total. The number of anilines is 2. The lowest BCUT2D eigenvalue weighted by Gasteiger charge is -2.23. The molecule has 2 aromatic carbocycles. The van der Waals surface area contributed by atoms with E-state index >= 15 is 0 Å². The number of hydrogen-bond acceptors (Lipinski definition) is 8. The minimum absolute atomic E-state index is 0.220. The molecule has 38 heavy (non-hydrogen) atoms. The normalized spacial score (nSPS) is 14.2. The van der Waals surface area contributed by atoms with Gasteiger partial charge >= 0.3 is 0 Å². The zero-order valence-corrected chi connectivity index (χ0v) is 21.1. The zero-order chi connectivity index (χ0) is 26.2. The van der Waals surface area contributed by atoms with E-state index in [4.69, 9.17) is 20.3 Å². The number of piperidine rings is 1. The monoisotopic (exact) mass is 512 g/mol.